The zero-order valence-electron chi connectivity index (χ0n) is 16.6. The third-order valence-electron chi connectivity index (χ3n) is 4.04. The molecule has 0 aliphatic carbocycles. The standard InChI is InChI=1S/C22H28N2O3/c1-14(2)17-10-8-9-16(5)22(17)24-21(26)13-20(25)23-18-11-6-7-12-19(18)27-15(3)4/h6-12,14-15H,13H2,1-5H3,(H,23,25)(H,24,26). The van der Waals surface area contributed by atoms with Crippen LogP contribution in [0.1, 0.15) is 51.2 Å². The first-order valence-corrected chi connectivity index (χ1v) is 9.22. The second-order valence-electron chi connectivity index (χ2n) is 7.13. The van der Waals surface area contributed by atoms with Gasteiger partial charge in [-0.25, -0.2) is 0 Å². The van der Waals surface area contributed by atoms with Crippen molar-refractivity contribution >= 4 is 23.2 Å². The lowest BCUT2D eigenvalue weighted by atomic mass is 9.98. The Balaban J connectivity index is 2.05. The van der Waals surface area contributed by atoms with E-state index in [1.165, 1.54) is 0 Å². The van der Waals surface area contributed by atoms with Crippen LogP contribution in [0.5, 0.6) is 5.75 Å². The lowest BCUT2D eigenvalue weighted by Gasteiger charge is -2.17. The van der Waals surface area contributed by atoms with Crippen molar-refractivity contribution in [3.05, 3.63) is 53.6 Å². The van der Waals surface area contributed by atoms with Crippen molar-refractivity contribution in [1.82, 2.24) is 0 Å². The van der Waals surface area contributed by atoms with Crippen molar-refractivity contribution in [2.24, 2.45) is 0 Å². The quantitative estimate of drug-likeness (QED) is 0.685. The molecule has 5 nitrogen and oxygen atoms in total. The third kappa shape index (κ3) is 5.84. The highest BCUT2D eigenvalue weighted by molar-refractivity contribution is 6.08. The molecule has 0 fully saturated rings. The van der Waals surface area contributed by atoms with E-state index in [0.717, 1.165) is 16.8 Å². The van der Waals surface area contributed by atoms with E-state index in [0.29, 0.717) is 11.4 Å². The summed E-state index contributed by atoms with van der Waals surface area (Å²) in [5, 5.41) is 5.65. The largest absolute Gasteiger partial charge is 0.489 e. The number of aryl methyl sites for hydroxylation is 1. The number of hydrogen-bond donors (Lipinski definition) is 2. The molecule has 0 unspecified atom stereocenters. The molecule has 0 aromatic heterocycles. The highest BCUT2D eigenvalue weighted by Crippen LogP contribution is 2.28. The van der Waals surface area contributed by atoms with E-state index in [4.69, 9.17) is 4.74 Å². The van der Waals surface area contributed by atoms with Crippen molar-refractivity contribution in [2.45, 2.75) is 53.1 Å². The fourth-order valence-corrected chi connectivity index (χ4v) is 2.79. The summed E-state index contributed by atoms with van der Waals surface area (Å²) >= 11 is 0. The number of rotatable bonds is 7. The summed E-state index contributed by atoms with van der Waals surface area (Å²) in [4.78, 5) is 24.7. The summed E-state index contributed by atoms with van der Waals surface area (Å²) in [6.07, 6.45) is -0.274. The molecule has 2 rings (SSSR count). The molecule has 2 N–H and O–H groups in total. The summed E-state index contributed by atoms with van der Waals surface area (Å²) in [6.45, 7) is 9.92. The van der Waals surface area contributed by atoms with Crippen LogP contribution in [0.3, 0.4) is 0 Å². The minimum atomic E-state index is -0.382. The Labute approximate surface area is 161 Å². The number of nitrogens with one attached hydrogen (secondary N) is 2. The van der Waals surface area contributed by atoms with Crippen LogP contribution in [-0.2, 0) is 9.59 Å². The van der Waals surface area contributed by atoms with E-state index in [2.05, 4.69) is 24.5 Å². The van der Waals surface area contributed by atoms with Gasteiger partial charge in [0.2, 0.25) is 11.8 Å². The van der Waals surface area contributed by atoms with E-state index < -0.39 is 0 Å². The van der Waals surface area contributed by atoms with Gasteiger partial charge in [0.05, 0.1) is 11.8 Å². The molecule has 5 heteroatoms. The molecular weight excluding hydrogens is 340 g/mol. The van der Waals surface area contributed by atoms with Gasteiger partial charge in [0, 0.05) is 5.69 Å². The highest BCUT2D eigenvalue weighted by Gasteiger charge is 2.16. The van der Waals surface area contributed by atoms with Gasteiger partial charge in [0.25, 0.3) is 0 Å². The minimum absolute atomic E-state index is 0.0122. The Hall–Kier alpha value is -2.82. The average Bonchev–Trinajstić information content (AvgIpc) is 2.57. The third-order valence-corrected chi connectivity index (χ3v) is 4.04. The molecule has 144 valence electrons. The monoisotopic (exact) mass is 368 g/mol. The predicted molar refractivity (Wildman–Crippen MR) is 109 cm³/mol. The molecule has 0 aliphatic rings. The van der Waals surface area contributed by atoms with Crippen LogP contribution >= 0.6 is 0 Å². The Morgan fingerprint density at radius 1 is 0.926 bits per heavy atom. The van der Waals surface area contributed by atoms with Gasteiger partial charge >= 0.3 is 0 Å². The number of amides is 2. The molecule has 27 heavy (non-hydrogen) atoms. The number of carbonyl (C=O) groups excluding carboxylic acids is 2. The van der Waals surface area contributed by atoms with Crippen LogP contribution in [0.15, 0.2) is 42.5 Å². The molecule has 0 radical (unpaired) electrons. The summed E-state index contributed by atoms with van der Waals surface area (Å²) in [7, 11) is 0. The Bertz CT molecular complexity index is 813. The van der Waals surface area contributed by atoms with Crippen LogP contribution in [0.2, 0.25) is 0 Å². The van der Waals surface area contributed by atoms with Crippen molar-refractivity contribution in [3.8, 4) is 5.75 Å². The average molecular weight is 368 g/mol. The van der Waals surface area contributed by atoms with E-state index in [1.807, 2.05) is 51.1 Å². The second kappa shape index (κ2) is 9.21. The predicted octanol–water partition coefficient (Wildman–Crippen LogP) is 4.87. The fraction of sp³-hybridized carbons (Fsp3) is 0.364. The molecule has 2 amide bonds. The molecule has 2 aromatic carbocycles. The lowest BCUT2D eigenvalue weighted by Crippen LogP contribution is -2.23. The Kier molecular flexibility index (Phi) is 6.99. The van der Waals surface area contributed by atoms with E-state index >= 15 is 0 Å². The maximum Gasteiger partial charge on any atom is 0.233 e. The molecule has 0 atom stereocenters. The van der Waals surface area contributed by atoms with Crippen molar-refractivity contribution in [3.63, 3.8) is 0 Å². The van der Waals surface area contributed by atoms with Crippen LogP contribution in [-0.4, -0.2) is 17.9 Å². The summed E-state index contributed by atoms with van der Waals surface area (Å²) in [5.74, 6) is 0.134. The number of ether oxygens (including phenoxy) is 1. The zero-order chi connectivity index (χ0) is 20.0. The van der Waals surface area contributed by atoms with E-state index in [9.17, 15) is 9.59 Å². The van der Waals surface area contributed by atoms with Gasteiger partial charge in [-0.2, -0.15) is 0 Å². The van der Waals surface area contributed by atoms with Crippen LogP contribution in [0.25, 0.3) is 0 Å². The van der Waals surface area contributed by atoms with E-state index in [-0.39, 0.29) is 30.3 Å². The van der Waals surface area contributed by atoms with Gasteiger partial charge < -0.3 is 15.4 Å². The smallest absolute Gasteiger partial charge is 0.233 e. The molecule has 0 spiro atoms. The second-order valence-corrected chi connectivity index (χ2v) is 7.13. The van der Waals surface area contributed by atoms with Gasteiger partial charge in [0.15, 0.2) is 0 Å². The van der Waals surface area contributed by atoms with Crippen LogP contribution in [0.4, 0.5) is 11.4 Å². The van der Waals surface area contributed by atoms with Crippen molar-refractivity contribution in [1.29, 1.82) is 0 Å². The molecule has 0 heterocycles. The number of benzene rings is 2. The maximum absolute atomic E-state index is 12.4. The first-order chi connectivity index (χ1) is 12.8. The highest BCUT2D eigenvalue weighted by atomic mass is 16.5. The zero-order valence-corrected chi connectivity index (χ0v) is 16.6. The lowest BCUT2D eigenvalue weighted by molar-refractivity contribution is -0.123. The fourth-order valence-electron chi connectivity index (χ4n) is 2.79. The number of anilines is 2. The molecular formula is C22H28N2O3. The van der Waals surface area contributed by atoms with Gasteiger partial charge in [-0.05, 0) is 49.9 Å². The molecule has 2 aromatic rings. The van der Waals surface area contributed by atoms with Gasteiger partial charge in [-0.3, -0.25) is 9.59 Å². The van der Waals surface area contributed by atoms with Crippen LogP contribution in [0, 0.1) is 6.92 Å². The maximum atomic E-state index is 12.4. The van der Waals surface area contributed by atoms with Gasteiger partial charge in [-0.1, -0.05) is 44.2 Å². The Morgan fingerprint density at radius 2 is 1.59 bits per heavy atom. The topological polar surface area (TPSA) is 67.4 Å². The number of hydrogen-bond acceptors (Lipinski definition) is 3. The Morgan fingerprint density at radius 3 is 2.26 bits per heavy atom. The SMILES string of the molecule is Cc1cccc(C(C)C)c1NC(=O)CC(=O)Nc1ccccc1OC(C)C. The minimum Gasteiger partial charge on any atom is -0.489 e. The summed E-state index contributed by atoms with van der Waals surface area (Å²) in [6, 6.07) is 13.1. The first kappa shape index (κ1) is 20.5. The van der Waals surface area contributed by atoms with E-state index in [1.54, 1.807) is 12.1 Å². The molecule has 0 saturated heterocycles. The summed E-state index contributed by atoms with van der Waals surface area (Å²) < 4.78 is 5.69. The number of carbonyl (C=O) groups is 2. The molecule has 0 saturated carbocycles. The molecule has 0 bridgehead atoms. The van der Waals surface area contributed by atoms with Gasteiger partial charge in [0.1, 0.15) is 12.2 Å². The molecule has 0 aliphatic heterocycles. The van der Waals surface area contributed by atoms with Crippen LogP contribution < -0.4 is 15.4 Å². The van der Waals surface area contributed by atoms with Crippen molar-refractivity contribution in [2.75, 3.05) is 10.6 Å². The summed E-state index contributed by atoms with van der Waals surface area (Å²) in [5.41, 5.74) is 3.38. The normalized spacial score (nSPS) is 10.8. The first-order valence-electron chi connectivity index (χ1n) is 9.22. The number of para-hydroxylation sites is 3. The van der Waals surface area contributed by atoms with Gasteiger partial charge in [-0.15, -0.1) is 0 Å². The van der Waals surface area contributed by atoms with Crippen molar-refractivity contribution < 1.29 is 14.3 Å².